The number of likely N-dealkylation sites (tertiary alicyclic amines) is 1. The average molecular weight is 221 g/mol. The normalized spacial score (nSPS) is 23.6. The van der Waals surface area contributed by atoms with E-state index < -0.39 is 0 Å². The van der Waals surface area contributed by atoms with Gasteiger partial charge in [0.2, 0.25) is 0 Å². The highest BCUT2D eigenvalue weighted by atomic mass is 15.3. The molecule has 1 fully saturated rings. The second kappa shape index (κ2) is 4.21. The first-order chi connectivity index (χ1) is 7.47. The van der Waals surface area contributed by atoms with Crippen LogP contribution in [0.25, 0.3) is 0 Å². The van der Waals surface area contributed by atoms with Crippen LogP contribution in [0.3, 0.4) is 0 Å². The Morgan fingerprint density at radius 1 is 1.38 bits per heavy atom. The van der Waals surface area contributed by atoms with Crippen LogP contribution in [0.5, 0.6) is 0 Å². The summed E-state index contributed by atoms with van der Waals surface area (Å²) in [7, 11) is 2.20. The molecule has 16 heavy (non-hydrogen) atoms. The molecule has 1 atom stereocenters. The van der Waals surface area contributed by atoms with Crippen molar-refractivity contribution in [2.24, 2.45) is 0 Å². The van der Waals surface area contributed by atoms with E-state index in [2.05, 4.69) is 49.7 Å². The molecule has 1 aromatic rings. The van der Waals surface area contributed by atoms with Crippen molar-refractivity contribution in [2.45, 2.75) is 45.1 Å². The monoisotopic (exact) mass is 221 g/mol. The van der Waals surface area contributed by atoms with Crippen LogP contribution in [0.2, 0.25) is 0 Å². The molecule has 0 saturated carbocycles. The van der Waals surface area contributed by atoms with Crippen molar-refractivity contribution < 1.29 is 0 Å². The molecule has 0 bridgehead atoms. The molecule has 1 aromatic heterocycles. The van der Waals surface area contributed by atoms with Crippen LogP contribution in [0.4, 0.5) is 0 Å². The molecule has 1 saturated heterocycles. The summed E-state index contributed by atoms with van der Waals surface area (Å²) >= 11 is 0. The van der Waals surface area contributed by atoms with Crippen LogP contribution in [-0.4, -0.2) is 34.8 Å². The Morgan fingerprint density at radius 3 is 2.69 bits per heavy atom. The van der Waals surface area contributed by atoms with Crippen molar-refractivity contribution in [1.82, 2.24) is 14.7 Å². The van der Waals surface area contributed by atoms with E-state index in [0.717, 1.165) is 6.54 Å². The molecular formula is C13H23N3. The van der Waals surface area contributed by atoms with E-state index in [0.29, 0.717) is 5.92 Å². The van der Waals surface area contributed by atoms with E-state index in [1.165, 1.54) is 25.1 Å². The summed E-state index contributed by atoms with van der Waals surface area (Å²) in [4.78, 5) is 2.41. The first-order valence-corrected chi connectivity index (χ1v) is 6.21. The summed E-state index contributed by atoms with van der Waals surface area (Å²) in [5.74, 6) is 0.627. The molecule has 3 nitrogen and oxygen atoms in total. The molecule has 1 aliphatic heterocycles. The molecule has 3 heteroatoms. The number of hydrogen-bond acceptors (Lipinski definition) is 2. The van der Waals surface area contributed by atoms with Crippen molar-refractivity contribution in [3.05, 3.63) is 18.0 Å². The van der Waals surface area contributed by atoms with Crippen molar-refractivity contribution in [3.8, 4) is 0 Å². The number of hydrogen-bond donors (Lipinski definition) is 0. The minimum atomic E-state index is 0.0961. The minimum absolute atomic E-state index is 0.0961. The molecule has 0 aromatic carbocycles. The van der Waals surface area contributed by atoms with Gasteiger partial charge in [0.15, 0.2) is 0 Å². The number of rotatable bonds is 1. The van der Waals surface area contributed by atoms with E-state index in [1.54, 1.807) is 0 Å². The van der Waals surface area contributed by atoms with Gasteiger partial charge in [0.05, 0.1) is 11.2 Å². The molecule has 0 radical (unpaired) electrons. The summed E-state index contributed by atoms with van der Waals surface area (Å²) < 4.78 is 2.08. The van der Waals surface area contributed by atoms with Gasteiger partial charge in [0.1, 0.15) is 0 Å². The fourth-order valence-corrected chi connectivity index (χ4v) is 2.34. The lowest BCUT2D eigenvalue weighted by molar-refractivity contribution is 0.246. The number of piperidine rings is 1. The largest absolute Gasteiger partial charge is 0.306 e. The smallest absolute Gasteiger partial charge is 0.0668 e. The van der Waals surface area contributed by atoms with Crippen molar-refractivity contribution in [2.75, 3.05) is 20.1 Å². The Labute approximate surface area is 98.4 Å². The van der Waals surface area contributed by atoms with Gasteiger partial charge in [0, 0.05) is 18.7 Å². The van der Waals surface area contributed by atoms with Crippen LogP contribution in [0.15, 0.2) is 12.3 Å². The van der Waals surface area contributed by atoms with E-state index in [-0.39, 0.29) is 5.54 Å². The zero-order valence-electron chi connectivity index (χ0n) is 10.9. The quantitative estimate of drug-likeness (QED) is 0.726. The van der Waals surface area contributed by atoms with Gasteiger partial charge in [-0.25, -0.2) is 0 Å². The standard InChI is InChI=1S/C13H23N3/c1-13(2,3)16-9-7-12(14-16)11-6-5-8-15(4)10-11/h7,9,11H,5-6,8,10H2,1-4H3. The highest BCUT2D eigenvalue weighted by molar-refractivity contribution is 5.09. The zero-order valence-corrected chi connectivity index (χ0v) is 10.9. The number of likely N-dealkylation sites (N-methyl/N-ethyl adjacent to an activating group) is 1. The highest BCUT2D eigenvalue weighted by Gasteiger charge is 2.22. The van der Waals surface area contributed by atoms with Crippen molar-refractivity contribution in [1.29, 1.82) is 0 Å². The Bertz CT molecular complexity index is 348. The summed E-state index contributed by atoms with van der Waals surface area (Å²) in [5.41, 5.74) is 1.36. The van der Waals surface area contributed by atoms with Crippen LogP contribution < -0.4 is 0 Å². The fraction of sp³-hybridized carbons (Fsp3) is 0.769. The van der Waals surface area contributed by atoms with Gasteiger partial charge in [-0.05, 0) is 53.3 Å². The maximum absolute atomic E-state index is 4.73. The topological polar surface area (TPSA) is 21.1 Å². The average Bonchev–Trinajstić information content (AvgIpc) is 2.65. The number of nitrogens with zero attached hydrogens (tertiary/aromatic N) is 3. The van der Waals surface area contributed by atoms with E-state index in [1.807, 2.05) is 0 Å². The third-order valence-electron chi connectivity index (χ3n) is 3.34. The molecule has 0 amide bonds. The maximum atomic E-state index is 4.73. The van der Waals surface area contributed by atoms with Gasteiger partial charge in [0.25, 0.3) is 0 Å². The van der Waals surface area contributed by atoms with Gasteiger partial charge in [-0.15, -0.1) is 0 Å². The summed E-state index contributed by atoms with van der Waals surface area (Å²) in [6.45, 7) is 8.96. The fourth-order valence-electron chi connectivity index (χ4n) is 2.34. The molecule has 90 valence electrons. The van der Waals surface area contributed by atoms with Gasteiger partial charge in [-0.3, -0.25) is 4.68 Å². The molecule has 1 unspecified atom stereocenters. The Kier molecular flexibility index (Phi) is 3.06. The third kappa shape index (κ3) is 2.46. The lowest BCUT2D eigenvalue weighted by Gasteiger charge is -2.28. The number of aromatic nitrogens is 2. The Balaban J connectivity index is 2.12. The zero-order chi connectivity index (χ0) is 11.8. The van der Waals surface area contributed by atoms with Gasteiger partial charge < -0.3 is 4.90 Å². The predicted octanol–water partition coefficient (Wildman–Crippen LogP) is 2.45. The van der Waals surface area contributed by atoms with E-state index in [4.69, 9.17) is 5.10 Å². The van der Waals surface area contributed by atoms with Crippen molar-refractivity contribution in [3.63, 3.8) is 0 Å². The second-order valence-corrected chi connectivity index (χ2v) is 5.96. The molecule has 0 aliphatic carbocycles. The van der Waals surface area contributed by atoms with Crippen LogP contribution in [0.1, 0.15) is 45.2 Å². The van der Waals surface area contributed by atoms with Crippen LogP contribution in [-0.2, 0) is 5.54 Å². The predicted molar refractivity (Wildman–Crippen MR) is 66.7 cm³/mol. The van der Waals surface area contributed by atoms with Gasteiger partial charge in [-0.1, -0.05) is 0 Å². The first kappa shape index (κ1) is 11.6. The summed E-state index contributed by atoms with van der Waals surface area (Å²) in [6.07, 6.45) is 4.69. The lowest BCUT2D eigenvalue weighted by atomic mass is 9.95. The SMILES string of the molecule is CN1CCCC(c2ccn(C(C)(C)C)n2)C1. The molecule has 0 spiro atoms. The third-order valence-corrected chi connectivity index (χ3v) is 3.34. The highest BCUT2D eigenvalue weighted by Crippen LogP contribution is 2.25. The Morgan fingerprint density at radius 2 is 2.12 bits per heavy atom. The molecular weight excluding hydrogens is 198 g/mol. The molecule has 1 aliphatic rings. The van der Waals surface area contributed by atoms with Crippen LogP contribution in [0, 0.1) is 0 Å². The maximum Gasteiger partial charge on any atom is 0.0668 e. The molecule has 2 heterocycles. The second-order valence-electron chi connectivity index (χ2n) is 5.96. The Hall–Kier alpha value is -0.830. The summed E-state index contributed by atoms with van der Waals surface area (Å²) in [6, 6.07) is 2.19. The van der Waals surface area contributed by atoms with Gasteiger partial charge in [-0.2, -0.15) is 5.10 Å². The lowest BCUT2D eigenvalue weighted by Crippen LogP contribution is -2.31. The van der Waals surface area contributed by atoms with Crippen LogP contribution >= 0.6 is 0 Å². The molecule has 0 N–H and O–H groups in total. The first-order valence-electron chi connectivity index (χ1n) is 6.21. The van der Waals surface area contributed by atoms with Crippen molar-refractivity contribution >= 4 is 0 Å². The van der Waals surface area contributed by atoms with E-state index >= 15 is 0 Å². The van der Waals surface area contributed by atoms with Gasteiger partial charge >= 0.3 is 0 Å². The van der Waals surface area contributed by atoms with E-state index in [9.17, 15) is 0 Å². The minimum Gasteiger partial charge on any atom is -0.306 e. The summed E-state index contributed by atoms with van der Waals surface area (Å²) in [5, 5.41) is 4.73. The molecule has 2 rings (SSSR count).